The summed E-state index contributed by atoms with van der Waals surface area (Å²) in [7, 11) is 0. The van der Waals surface area contributed by atoms with Gasteiger partial charge in [-0.1, -0.05) is 0 Å². The number of morpholine rings is 1. The lowest BCUT2D eigenvalue weighted by Gasteiger charge is -2.37. The fourth-order valence-corrected chi connectivity index (χ4v) is 3.68. The molecule has 0 aromatic heterocycles. The maximum atomic E-state index is 12.4. The van der Waals surface area contributed by atoms with Gasteiger partial charge in [0.25, 0.3) is 0 Å². The van der Waals surface area contributed by atoms with Crippen LogP contribution in [-0.4, -0.2) is 62.3 Å². The van der Waals surface area contributed by atoms with Crippen LogP contribution >= 0.6 is 0 Å². The predicted octanol–water partition coefficient (Wildman–Crippen LogP) is 0.356. The molecule has 3 saturated heterocycles. The third-order valence-electron chi connectivity index (χ3n) is 5.10. The number of piperidine rings is 1. The van der Waals surface area contributed by atoms with Gasteiger partial charge in [0, 0.05) is 25.7 Å². The van der Waals surface area contributed by atoms with Crippen molar-refractivity contribution in [2.75, 3.05) is 39.3 Å². The maximum absolute atomic E-state index is 12.4. The highest BCUT2D eigenvalue weighted by Crippen LogP contribution is 2.26. The van der Waals surface area contributed by atoms with Crippen molar-refractivity contribution in [2.24, 2.45) is 5.41 Å². The molecule has 3 fully saturated rings. The molecule has 0 saturated carbocycles. The standard InChI is InChI=1S/C15H27N3O2/c1-15(5-3-6-16-11-15)14(19)17-8-13-9-18-7-2-4-12(18)10-20-13/h12-13,16H,2-11H2,1H3,(H,17,19). The second kappa shape index (κ2) is 6.00. The molecular formula is C15H27N3O2. The lowest BCUT2D eigenvalue weighted by molar-refractivity contribution is -0.132. The van der Waals surface area contributed by atoms with Crippen molar-refractivity contribution in [3.63, 3.8) is 0 Å². The van der Waals surface area contributed by atoms with E-state index in [1.165, 1.54) is 19.4 Å². The molecule has 3 unspecified atom stereocenters. The van der Waals surface area contributed by atoms with Crippen molar-refractivity contribution in [3.8, 4) is 0 Å². The molecule has 1 amide bonds. The molecule has 0 aromatic rings. The number of hydrogen-bond acceptors (Lipinski definition) is 4. The van der Waals surface area contributed by atoms with Crippen molar-refractivity contribution in [1.29, 1.82) is 0 Å². The molecule has 20 heavy (non-hydrogen) atoms. The summed E-state index contributed by atoms with van der Waals surface area (Å²) in [5, 5.41) is 6.44. The first-order valence-corrected chi connectivity index (χ1v) is 8.02. The highest BCUT2D eigenvalue weighted by molar-refractivity contribution is 5.82. The molecule has 3 atom stereocenters. The normalized spacial score (nSPS) is 38.5. The average Bonchev–Trinajstić information content (AvgIpc) is 2.93. The summed E-state index contributed by atoms with van der Waals surface area (Å²) < 4.78 is 5.89. The van der Waals surface area contributed by atoms with Crippen molar-refractivity contribution in [3.05, 3.63) is 0 Å². The van der Waals surface area contributed by atoms with E-state index in [0.717, 1.165) is 39.1 Å². The van der Waals surface area contributed by atoms with Crippen LogP contribution in [0.5, 0.6) is 0 Å². The zero-order valence-corrected chi connectivity index (χ0v) is 12.5. The second-order valence-electron chi connectivity index (χ2n) is 6.80. The summed E-state index contributed by atoms with van der Waals surface area (Å²) >= 11 is 0. The van der Waals surface area contributed by atoms with Gasteiger partial charge in [0.1, 0.15) is 0 Å². The number of carbonyl (C=O) groups excluding carboxylic acids is 1. The summed E-state index contributed by atoms with van der Waals surface area (Å²) in [6, 6.07) is 0.627. The van der Waals surface area contributed by atoms with Crippen LogP contribution in [0, 0.1) is 5.41 Å². The Morgan fingerprint density at radius 2 is 2.40 bits per heavy atom. The molecule has 2 N–H and O–H groups in total. The molecule has 0 bridgehead atoms. The Morgan fingerprint density at radius 3 is 3.20 bits per heavy atom. The molecule has 3 aliphatic heterocycles. The fourth-order valence-electron chi connectivity index (χ4n) is 3.68. The van der Waals surface area contributed by atoms with Gasteiger partial charge < -0.3 is 15.4 Å². The van der Waals surface area contributed by atoms with Crippen LogP contribution in [0.25, 0.3) is 0 Å². The fraction of sp³-hybridized carbons (Fsp3) is 0.933. The van der Waals surface area contributed by atoms with Gasteiger partial charge in [-0.3, -0.25) is 9.69 Å². The monoisotopic (exact) mass is 281 g/mol. The molecule has 3 heterocycles. The number of nitrogens with one attached hydrogen (secondary N) is 2. The van der Waals surface area contributed by atoms with Gasteiger partial charge >= 0.3 is 0 Å². The Hall–Kier alpha value is -0.650. The van der Waals surface area contributed by atoms with Crippen LogP contribution in [0.1, 0.15) is 32.6 Å². The summed E-state index contributed by atoms with van der Waals surface area (Å²) in [6.45, 7) is 7.53. The maximum Gasteiger partial charge on any atom is 0.227 e. The topological polar surface area (TPSA) is 53.6 Å². The Bertz CT molecular complexity index is 355. The van der Waals surface area contributed by atoms with Crippen molar-refractivity contribution in [1.82, 2.24) is 15.5 Å². The molecule has 114 valence electrons. The number of nitrogens with zero attached hydrogens (tertiary/aromatic N) is 1. The Labute approximate surface area is 121 Å². The molecule has 3 aliphatic rings. The molecule has 5 heteroatoms. The Balaban J connectivity index is 1.45. The second-order valence-corrected chi connectivity index (χ2v) is 6.80. The molecule has 3 rings (SSSR count). The van der Waals surface area contributed by atoms with E-state index in [2.05, 4.69) is 22.5 Å². The first-order valence-electron chi connectivity index (χ1n) is 8.02. The molecule has 0 aliphatic carbocycles. The third-order valence-corrected chi connectivity index (χ3v) is 5.10. The first kappa shape index (κ1) is 14.3. The zero-order valence-electron chi connectivity index (χ0n) is 12.5. The van der Waals surface area contributed by atoms with Gasteiger partial charge in [0.05, 0.1) is 18.1 Å². The Morgan fingerprint density at radius 1 is 1.50 bits per heavy atom. The van der Waals surface area contributed by atoms with Crippen LogP contribution < -0.4 is 10.6 Å². The number of carbonyl (C=O) groups is 1. The number of amides is 1. The minimum Gasteiger partial charge on any atom is -0.373 e. The van der Waals surface area contributed by atoms with Gasteiger partial charge in [0.2, 0.25) is 5.91 Å². The van der Waals surface area contributed by atoms with Crippen molar-refractivity contribution in [2.45, 2.75) is 44.8 Å². The van der Waals surface area contributed by atoms with Gasteiger partial charge in [0.15, 0.2) is 0 Å². The van der Waals surface area contributed by atoms with Crippen LogP contribution in [0.3, 0.4) is 0 Å². The lowest BCUT2D eigenvalue weighted by Crippen LogP contribution is -2.53. The van der Waals surface area contributed by atoms with Gasteiger partial charge in [-0.15, -0.1) is 0 Å². The van der Waals surface area contributed by atoms with E-state index >= 15 is 0 Å². The van der Waals surface area contributed by atoms with Gasteiger partial charge in [-0.25, -0.2) is 0 Å². The summed E-state index contributed by atoms with van der Waals surface area (Å²) in [5.74, 6) is 0.178. The SMILES string of the molecule is CC1(C(=O)NCC2CN3CCCC3CO2)CCCNC1. The van der Waals surface area contributed by atoms with E-state index < -0.39 is 0 Å². The Kier molecular flexibility index (Phi) is 4.29. The summed E-state index contributed by atoms with van der Waals surface area (Å²) in [5.41, 5.74) is -0.247. The van der Waals surface area contributed by atoms with Crippen LogP contribution in [-0.2, 0) is 9.53 Å². The van der Waals surface area contributed by atoms with E-state index in [9.17, 15) is 4.79 Å². The predicted molar refractivity (Wildman–Crippen MR) is 77.6 cm³/mol. The highest BCUT2D eigenvalue weighted by atomic mass is 16.5. The first-order chi connectivity index (χ1) is 9.67. The number of rotatable bonds is 3. The molecule has 5 nitrogen and oxygen atoms in total. The highest BCUT2D eigenvalue weighted by Gasteiger charge is 2.36. The van der Waals surface area contributed by atoms with Gasteiger partial charge in [-0.2, -0.15) is 0 Å². The minimum atomic E-state index is -0.247. The largest absolute Gasteiger partial charge is 0.373 e. The molecule has 0 radical (unpaired) electrons. The van der Waals surface area contributed by atoms with E-state index in [0.29, 0.717) is 12.6 Å². The minimum absolute atomic E-state index is 0.161. The van der Waals surface area contributed by atoms with E-state index in [4.69, 9.17) is 4.74 Å². The van der Waals surface area contributed by atoms with E-state index in [1.807, 2.05) is 0 Å². The summed E-state index contributed by atoms with van der Waals surface area (Å²) in [6.07, 6.45) is 4.78. The van der Waals surface area contributed by atoms with Crippen molar-refractivity contribution < 1.29 is 9.53 Å². The van der Waals surface area contributed by atoms with Crippen LogP contribution in [0.2, 0.25) is 0 Å². The van der Waals surface area contributed by atoms with E-state index in [-0.39, 0.29) is 17.4 Å². The third kappa shape index (κ3) is 3.00. The quantitative estimate of drug-likeness (QED) is 0.784. The number of fused-ring (bicyclic) bond motifs is 1. The smallest absolute Gasteiger partial charge is 0.227 e. The molecule has 0 spiro atoms. The summed E-state index contributed by atoms with van der Waals surface area (Å²) in [4.78, 5) is 14.9. The molecular weight excluding hydrogens is 254 g/mol. The van der Waals surface area contributed by atoms with Gasteiger partial charge in [-0.05, 0) is 45.7 Å². The number of ether oxygens (including phenoxy) is 1. The van der Waals surface area contributed by atoms with Crippen LogP contribution in [0.4, 0.5) is 0 Å². The lowest BCUT2D eigenvalue weighted by atomic mass is 9.82. The van der Waals surface area contributed by atoms with E-state index in [1.54, 1.807) is 0 Å². The zero-order chi connectivity index (χ0) is 14.0. The van der Waals surface area contributed by atoms with Crippen LogP contribution in [0.15, 0.2) is 0 Å². The van der Waals surface area contributed by atoms with Crippen molar-refractivity contribution >= 4 is 5.91 Å². The molecule has 0 aromatic carbocycles. The number of hydrogen-bond donors (Lipinski definition) is 2. The average molecular weight is 281 g/mol.